The molecule has 2 heterocycles. The van der Waals surface area contributed by atoms with Gasteiger partial charge in [0.05, 0.1) is 30.8 Å². The van der Waals surface area contributed by atoms with Gasteiger partial charge in [-0.25, -0.2) is 0 Å². The summed E-state index contributed by atoms with van der Waals surface area (Å²) in [5.74, 6) is 0.212. The van der Waals surface area contributed by atoms with Crippen molar-refractivity contribution in [2.45, 2.75) is 19.5 Å². The number of carbonyl (C=O) groups is 2. The number of hydrogen-bond donors (Lipinski definition) is 1. The number of benzene rings is 2. The maximum Gasteiger partial charge on any atom is 0.229 e. The first kappa shape index (κ1) is 20.9. The summed E-state index contributed by atoms with van der Waals surface area (Å²) in [5, 5.41) is 4.01. The summed E-state index contributed by atoms with van der Waals surface area (Å²) in [4.78, 5) is 27.2. The van der Waals surface area contributed by atoms with E-state index >= 15 is 0 Å². The highest BCUT2D eigenvalue weighted by atomic mass is 16.5. The van der Waals surface area contributed by atoms with Gasteiger partial charge in [0.2, 0.25) is 11.8 Å². The molecule has 1 saturated heterocycles. The van der Waals surface area contributed by atoms with Crippen molar-refractivity contribution >= 4 is 28.4 Å². The zero-order chi connectivity index (χ0) is 21.8. The molecule has 0 saturated carbocycles. The average Bonchev–Trinajstić information content (AvgIpc) is 3.37. The highest BCUT2D eigenvalue weighted by molar-refractivity contribution is 6.03. The molecule has 31 heavy (non-hydrogen) atoms. The zero-order valence-corrected chi connectivity index (χ0v) is 17.8. The van der Waals surface area contributed by atoms with Crippen LogP contribution in [0.3, 0.4) is 0 Å². The Hall–Kier alpha value is -3.32. The van der Waals surface area contributed by atoms with Crippen molar-refractivity contribution in [3.63, 3.8) is 0 Å². The van der Waals surface area contributed by atoms with E-state index in [2.05, 4.69) is 9.88 Å². The van der Waals surface area contributed by atoms with Gasteiger partial charge in [-0.15, -0.1) is 0 Å². The van der Waals surface area contributed by atoms with Gasteiger partial charge in [-0.05, 0) is 24.3 Å². The molecule has 1 aromatic heterocycles. The average molecular weight is 421 g/mol. The Morgan fingerprint density at radius 3 is 2.77 bits per heavy atom. The van der Waals surface area contributed by atoms with Crippen LogP contribution in [0.2, 0.25) is 0 Å². The number of carbonyl (C=O) groups excluding carboxylic acids is 2. The van der Waals surface area contributed by atoms with E-state index in [1.165, 1.54) is 0 Å². The van der Waals surface area contributed by atoms with Crippen molar-refractivity contribution in [1.82, 2.24) is 9.47 Å². The second kappa shape index (κ2) is 9.22. The van der Waals surface area contributed by atoms with E-state index in [9.17, 15) is 9.59 Å². The molecule has 0 spiro atoms. The second-order valence-corrected chi connectivity index (χ2v) is 7.72. The predicted molar refractivity (Wildman–Crippen MR) is 119 cm³/mol. The van der Waals surface area contributed by atoms with E-state index in [0.29, 0.717) is 19.7 Å². The van der Waals surface area contributed by atoms with Gasteiger partial charge in [-0.2, -0.15) is 0 Å². The lowest BCUT2D eigenvalue weighted by atomic mass is 10.1. The first-order chi connectivity index (χ1) is 15.1. The number of methoxy groups -OCH3 is 2. The van der Waals surface area contributed by atoms with Crippen LogP contribution in [0.4, 0.5) is 5.69 Å². The van der Waals surface area contributed by atoms with Crippen molar-refractivity contribution in [2.24, 2.45) is 5.92 Å². The van der Waals surface area contributed by atoms with E-state index in [-0.39, 0.29) is 24.2 Å². The molecule has 0 aliphatic carbocycles. The lowest BCUT2D eigenvalue weighted by Gasteiger charge is -2.18. The van der Waals surface area contributed by atoms with E-state index in [0.717, 1.165) is 34.4 Å². The predicted octanol–water partition coefficient (Wildman–Crippen LogP) is 3.28. The number of rotatable bonds is 8. The Morgan fingerprint density at radius 1 is 1.13 bits per heavy atom. The van der Waals surface area contributed by atoms with Gasteiger partial charge in [0, 0.05) is 50.3 Å². The minimum Gasteiger partial charge on any atom is -0.496 e. The summed E-state index contributed by atoms with van der Waals surface area (Å²) in [6.07, 6.45) is 2.21. The van der Waals surface area contributed by atoms with Gasteiger partial charge >= 0.3 is 0 Å². The minimum atomic E-state index is -0.381. The van der Waals surface area contributed by atoms with Crippen LogP contribution in [0.1, 0.15) is 12.0 Å². The number of amides is 2. The van der Waals surface area contributed by atoms with Crippen LogP contribution in [0.5, 0.6) is 5.75 Å². The molecule has 0 radical (unpaired) electrons. The number of para-hydroxylation sites is 1. The molecule has 162 valence electrons. The molecule has 1 aliphatic rings. The lowest BCUT2D eigenvalue weighted by Crippen LogP contribution is -2.28. The highest BCUT2D eigenvalue weighted by Gasteiger charge is 2.34. The largest absolute Gasteiger partial charge is 0.496 e. The fourth-order valence-electron chi connectivity index (χ4n) is 4.09. The first-order valence-electron chi connectivity index (χ1n) is 10.4. The zero-order valence-electron chi connectivity index (χ0n) is 17.8. The minimum absolute atomic E-state index is 0.0185. The summed E-state index contributed by atoms with van der Waals surface area (Å²) < 4.78 is 12.7. The molecule has 3 aromatic rings. The normalized spacial score (nSPS) is 16.1. The smallest absolute Gasteiger partial charge is 0.229 e. The quantitative estimate of drug-likeness (QED) is 0.606. The van der Waals surface area contributed by atoms with Crippen LogP contribution >= 0.6 is 0 Å². The van der Waals surface area contributed by atoms with Crippen LogP contribution in [-0.4, -0.2) is 48.7 Å². The van der Waals surface area contributed by atoms with Crippen LogP contribution in [0.15, 0.2) is 54.7 Å². The van der Waals surface area contributed by atoms with Gasteiger partial charge in [-0.3, -0.25) is 9.59 Å². The van der Waals surface area contributed by atoms with Crippen LogP contribution in [0.25, 0.3) is 10.9 Å². The van der Waals surface area contributed by atoms with Gasteiger partial charge in [0.15, 0.2) is 0 Å². The van der Waals surface area contributed by atoms with E-state index in [1.807, 2.05) is 54.7 Å². The standard InChI is InChI=1S/C24H27N3O4/c1-30-13-12-26-11-10-19-20(7-5-8-21(19)26)25-24(29)18-14-23(28)27(16-18)15-17-6-3-4-9-22(17)31-2/h3-11,18H,12-16H2,1-2H3,(H,25,29)/t18-/m1/s1. The third kappa shape index (κ3) is 4.41. The summed E-state index contributed by atoms with van der Waals surface area (Å²) in [6, 6.07) is 15.5. The van der Waals surface area contributed by atoms with Gasteiger partial charge < -0.3 is 24.3 Å². The molecule has 1 fully saturated rings. The Morgan fingerprint density at radius 2 is 1.97 bits per heavy atom. The van der Waals surface area contributed by atoms with Crippen molar-refractivity contribution in [2.75, 3.05) is 32.7 Å². The number of fused-ring (bicyclic) bond motifs is 1. The fraction of sp³-hybridized carbons (Fsp3) is 0.333. The first-order valence-corrected chi connectivity index (χ1v) is 10.4. The van der Waals surface area contributed by atoms with E-state index < -0.39 is 0 Å². The monoisotopic (exact) mass is 421 g/mol. The molecule has 1 N–H and O–H groups in total. The maximum atomic E-state index is 13.0. The van der Waals surface area contributed by atoms with Crippen molar-refractivity contribution in [1.29, 1.82) is 0 Å². The maximum absolute atomic E-state index is 13.0. The lowest BCUT2D eigenvalue weighted by molar-refractivity contribution is -0.128. The molecular formula is C24H27N3O4. The number of hydrogen-bond acceptors (Lipinski definition) is 4. The van der Waals surface area contributed by atoms with E-state index in [1.54, 1.807) is 19.1 Å². The third-order valence-corrected chi connectivity index (χ3v) is 5.75. The topological polar surface area (TPSA) is 72.8 Å². The molecular weight excluding hydrogens is 394 g/mol. The Balaban J connectivity index is 1.45. The van der Waals surface area contributed by atoms with Crippen LogP contribution in [0, 0.1) is 5.92 Å². The summed E-state index contributed by atoms with van der Waals surface area (Å²) in [7, 11) is 3.29. The van der Waals surface area contributed by atoms with Crippen LogP contribution < -0.4 is 10.1 Å². The van der Waals surface area contributed by atoms with E-state index in [4.69, 9.17) is 9.47 Å². The SMILES string of the molecule is COCCn1ccc2c(NC(=O)[C@@H]3CC(=O)N(Cc4ccccc4OC)C3)cccc21. The number of ether oxygens (including phenoxy) is 2. The molecule has 7 heteroatoms. The number of anilines is 1. The summed E-state index contributed by atoms with van der Waals surface area (Å²) in [5.41, 5.74) is 2.73. The second-order valence-electron chi connectivity index (χ2n) is 7.72. The highest BCUT2D eigenvalue weighted by Crippen LogP contribution is 2.28. The number of aromatic nitrogens is 1. The molecule has 0 bridgehead atoms. The van der Waals surface area contributed by atoms with Crippen molar-refractivity contribution in [3.05, 3.63) is 60.3 Å². The summed E-state index contributed by atoms with van der Waals surface area (Å²) >= 11 is 0. The molecule has 2 aromatic carbocycles. The molecule has 7 nitrogen and oxygen atoms in total. The Kier molecular flexibility index (Phi) is 6.23. The number of likely N-dealkylation sites (tertiary alicyclic amines) is 1. The summed E-state index contributed by atoms with van der Waals surface area (Å²) in [6.45, 7) is 2.19. The fourth-order valence-corrected chi connectivity index (χ4v) is 4.09. The van der Waals surface area contributed by atoms with Gasteiger partial charge in [-0.1, -0.05) is 24.3 Å². The Labute approximate surface area is 181 Å². The number of nitrogens with zero attached hydrogens (tertiary/aromatic N) is 2. The Bertz CT molecular complexity index is 1090. The third-order valence-electron chi connectivity index (χ3n) is 5.75. The van der Waals surface area contributed by atoms with Crippen molar-refractivity contribution in [3.8, 4) is 5.75 Å². The molecule has 1 atom stereocenters. The molecule has 0 unspecified atom stereocenters. The molecule has 2 amide bonds. The molecule has 4 rings (SSSR count). The molecule has 1 aliphatic heterocycles. The van der Waals surface area contributed by atoms with Gasteiger partial charge in [0.25, 0.3) is 0 Å². The van der Waals surface area contributed by atoms with Crippen LogP contribution in [-0.2, 0) is 27.4 Å². The number of nitrogens with one attached hydrogen (secondary N) is 1. The van der Waals surface area contributed by atoms with Gasteiger partial charge in [0.1, 0.15) is 5.75 Å². The van der Waals surface area contributed by atoms with Crippen molar-refractivity contribution < 1.29 is 19.1 Å².